The van der Waals surface area contributed by atoms with Crippen molar-refractivity contribution < 1.29 is 18.7 Å². The van der Waals surface area contributed by atoms with Crippen LogP contribution in [0.4, 0.5) is 9.18 Å². The number of aryl methyl sites for hydroxylation is 1. The molecule has 1 unspecified atom stereocenters. The van der Waals surface area contributed by atoms with Gasteiger partial charge < -0.3 is 10.1 Å². The van der Waals surface area contributed by atoms with E-state index in [4.69, 9.17) is 4.74 Å². The minimum atomic E-state index is -1.10. The van der Waals surface area contributed by atoms with Gasteiger partial charge in [0.1, 0.15) is 17.1 Å². The first-order valence-electron chi connectivity index (χ1n) is 8.45. The van der Waals surface area contributed by atoms with E-state index in [0.717, 1.165) is 16.9 Å². The van der Waals surface area contributed by atoms with Crippen LogP contribution in [0.1, 0.15) is 30.0 Å². The number of nitrogens with one attached hydrogen (secondary N) is 1. The van der Waals surface area contributed by atoms with Crippen LogP contribution in [-0.2, 0) is 16.9 Å². The molecule has 0 spiro atoms. The number of imide groups is 1. The predicted molar refractivity (Wildman–Crippen MR) is 95.2 cm³/mol. The summed E-state index contributed by atoms with van der Waals surface area (Å²) in [7, 11) is 1.59. The average molecular weight is 356 g/mol. The van der Waals surface area contributed by atoms with Gasteiger partial charge in [-0.2, -0.15) is 0 Å². The van der Waals surface area contributed by atoms with E-state index in [1.165, 1.54) is 17.0 Å². The first-order chi connectivity index (χ1) is 12.4. The summed E-state index contributed by atoms with van der Waals surface area (Å²) in [6.45, 7) is 3.85. The normalized spacial score (nSPS) is 19.6. The molecule has 1 fully saturated rings. The topological polar surface area (TPSA) is 58.6 Å². The molecule has 0 aliphatic carbocycles. The lowest BCUT2D eigenvalue weighted by molar-refractivity contribution is -0.132. The van der Waals surface area contributed by atoms with Gasteiger partial charge in [0.2, 0.25) is 0 Å². The van der Waals surface area contributed by atoms with Crippen molar-refractivity contribution in [2.24, 2.45) is 0 Å². The van der Waals surface area contributed by atoms with Crippen molar-refractivity contribution >= 4 is 11.9 Å². The first kappa shape index (κ1) is 17.9. The molecule has 6 heteroatoms. The number of hydrogen-bond acceptors (Lipinski definition) is 3. The van der Waals surface area contributed by atoms with Gasteiger partial charge in [-0.25, -0.2) is 9.18 Å². The van der Waals surface area contributed by atoms with E-state index < -0.39 is 11.6 Å². The summed E-state index contributed by atoms with van der Waals surface area (Å²) in [5.41, 5.74) is 1.19. The standard InChI is InChI=1S/C20H21FN2O3/c1-4-20(15-7-10-17(26-3)13(2)11-15)18(24)23(19(25)22-20)12-14-5-8-16(21)9-6-14/h5-11H,4,12H2,1-3H3,(H,22,25). The quantitative estimate of drug-likeness (QED) is 0.834. The van der Waals surface area contributed by atoms with Crippen molar-refractivity contribution in [3.63, 3.8) is 0 Å². The van der Waals surface area contributed by atoms with Gasteiger partial charge in [-0.05, 0) is 54.3 Å². The van der Waals surface area contributed by atoms with E-state index in [0.29, 0.717) is 12.0 Å². The SMILES string of the molecule is CCC1(c2ccc(OC)c(C)c2)NC(=O)N(Cc2ccc(F)cc2)C1=O. The largest absolute Gasteiger partial charge is 0.496 e. The van der Waals surface area contributed by atoms with Crippen LogP contribution in [0.5, 0.6) is 5.75 Å². The molecule has 0 saturated carbocycles. The van der Waals surface area contributed by atoms with Crippen molar-refractivity contribution in [2.45, 2.75) is 32.4 Å². The molecular weight excluding hydrogens is 335 g/mol. The zero-order valence-corrected chi connectivity index (χ0v) is 15.0. The zero-order valence-electron chi connectivity index (χ0n) is 15.0. The van der Waals surface area contributed by atoms with Gasteiger partial charge in [-0.1, -0.05) is 25.1 Å². The maximum Gasteiger partial charge on any atom is 0.325 e. The minimum Gasteiger partial charge on any atom is -0.496 e. The number of carbonyl (C=O) groups excluding carboxylic acids is 2. The zero-order chi connectivity index (χ0) is 18.9. The number of ether oxygens (including phenoxy) is 1. The molecule has 1 heterocycles. The van der Waals surface area contributed by atoms with Gasteiger partial charge in [0.05, 0.1) is 13.7 Å². The van der Waals surface area contributed by atoms with Crippen LogP contribution in [0.15, 0.2) is 42.5 Å². The second-order valence-electron chi connectivity index (χ2n) is 6.39. The van der Waals surface area contributed by atoms with Crippen LogP contribution in [0, 0.1) is 12.7 Å². The molecule has 3 amide bonds. The summed E-state index contributed by atoms with van der Waals surface area (Å²) in [6.07, 6.45) is 0.420. The smallest absolute Gasteiger partial charge is 0.325 e. The van der Waals surface area contributed by atoms with Gasteiger partial charge in [0, 0.05) is 0 Å². The van der Waals surface area contributed by atoms with Crippen LogP contribution < -0.4 is 10.1 Å². The Labute approximate surface area is 151 Å². The van der Waals surface area contributed by atoms with E-state index in [1.807, 2.05) is 19.9 Å². The Morgan fingerprint density at radius 3 is 2.42 bits per heavy atom. The lowest BCUT2D eigenvalue weighted by Crippen LogP contribution is -2.43. The Bertz CT molecular complexity index is 851. The third-order valence-corrected chi connectivity index (χ3v) is 4.85. The van der Waals surface area contributed by atoms with E-state index >= 15 is 0 Å². The van der Waals surface area contributed by atoms with E-state index in [9.17, 15) is 14.0 Å². The first-order valence-corrected chi connectivity index (χ1v) is 8.45. The van der Waals surface area contributed by atoms with Crippen molar-refractivity contribution in [1.82, 2.24) is 10.2 Å². The summed E-state index contributed by atoms with van der Waals surface area (Å²) in [5.74, 6) is 0.0569. The average Bonchev–Trinajstić information content (AvgIpc) is 2.88. The number of carbonyl (C=O) groups is 2. The fourth-order valence-electron chi connectivity index (χ4n) is 3.33. The summed E-state index contributed by atoms with van der Waals surface area (Å²) >= 11 is 0. The number of hydrogen-bond donors (Lipinski definition) is 1. The molecule has 3 rings (SSSR count). The highest BCUT2D eigenvalue weighted by atomic mass is 19.1. The van der Waals surface area contributed by atoms with Crippen molar-refractivity contribution in [3.05, 3.63) is 65.0 Å². The van der Waals surface area contributed by atoms with Crippen molar-refractivity contribution in [2.75, 3.05) is 7.11 Å². The van der Waals surface area contributed by atoms with Crippen LogP contribution in [0.25, 0.3) is 0 Å². The molecule has 5 nitrogen and oxygen atoms in total. The monoisotopic (exact) mass is 356 g/mol. The molecule has 26 heavy (non-hydrogen) atoms. The number of methoxy groups -OCH3 is 1. The Morgan fingerprint density at radius 1 is 1.15 bits per heavy atom. The molecule has 0 bridgehead atoms. The van der Waals surface area contributed by atoms with Crippen molar-refractivity contribution in [1.29, 1.82) is 0 Å². The second kappa shape index (κ2) is 6.78. The van der Waals surface area contributed by atoms with Crippen molar-refractivity contribution in [3.8, 4) is 5.75 Å². The summed E-state index contributed by atoms with van der Waals surface area (Å²) < 4.78 is 18.4. The number of halogens is 1. The molecule has 0 radical (unpaired) electrons. The molecule has 1 N–H and O–H groups in total. The van der Waals surface area contributed by atoms with E-state index in [2.05, 4.69) is 5.32 Å². The van der Waals surface area contributed by atoms with E-state index in [-0.39, 0.29) is 18.3 Å². The molecule has 1 atom stereocenters. The fourth-order valence-corrected chi connectivity index (χ4v) is 3.33. The molecule has 136 valence electrons. The minimum absolute atomic E-state index is 0.0990. The lowest BCUT2D eigenvalue weighted by atomic mass is 9.86. The Hall–Kier alpha value is -2.89. The van der Waals surface area contributed by atoms with Gasteiger partial charge >= 0.3 is 6.03 Å². The maximum absolute atomic E-state index is 13.1. The molecule has 2 aromatic carbocycles. The fraction of sp³-hybridized carbons (Fsp3) is 0.300. The Balaban J connectivity index is 1.94. The van der Waals surface area contributed by atoms with Crippen LogP contribution in [0.2, 0.25) is 0 Å². The highest BCUT2D eigenvalue weighted by Crippen LogP contribution is 2.35. The number of urea groups is 1. The van der Waals surface area contributed by atoms with Gasteiger partial charge in [0.15, 0.2) is 0 Å². The number of amides is 3. The second-order valence-corrected chi connectivity index (χ2v) is 6.39. The molecule has 0 aromatic heterocycles. The van der Waals surface area contributed by atoms with Crippen LogP contribution in [0.3, 0.4) is 0 Å². The Morgan fingerprint density at radius 2 is 1.85 bits per heavy atom. The molecule has 1 aliphatic rings. The molecular formula is C20H21FN2O3. The molecule has 1 saturated heterocycles. The summed E-state index contributed by atoms with van der Waals surface area (Å²) in [6, 6.07) is 10.8. The van der Waals surface area contributed by atoms with E-state index in [1.54, 1.807) is 31.4 Å². The molecule has 1 aliphatic heterocycles. The lowest BCUT2D eigenvalue weighted by Gasteiger charge is -2.26. The third kappa shape index (κ3) is 2.92. The van der Waals surface area contributed by atoms with Crippen LogP contribution in [-0.4, -0.2) is 23.9 Å². The van der Waals surface area contributed by atoms with Gasteiger partial charge in [-0.3, -0.25) is 9.69 Å². The number of rotatable bonds is 5. The van der Waals surface area contributed by atoms with Gasteiger partial charge in [0.25, 0.3) is 5.91 Å². The number of nitrogens with zero attached hydrogens (tertiary/aromatic N) is 1. The molecule has 2 aromatic rings. The van der Waals surface area contributed by atoms with Gasteiger partial charge in [-0.15, -0.1) is 0 Å². The Kier molecular flexibility index (Phi) is 4.68. The predicted octanol–water partition coefficient (Wildman–Crippen LogP) is 3.50. The third-order valence-electron chi connectivity index (χ3n) is 4.85. The highest BCUT2D eigenvalue weighted by molar-refractivity contribution is 6.07. The summed E-state index contributed by atoms with van der Waals surface area (Å²) in [5, 5.41) is 2.85. The maximum atomic E-state index is 13.1. The van der Waals surface area contributed by atoms with Crippen LogP contribution >= 0.6 is 0 Å². The summed E-state index contributed by atoms with van der Waals surface area (Å²) in [4.78, 5) is 26.8. The number of benzene rings is 2. The highest BCUT2D eigenvalue weighted by Gasteiger charge is 2.51.